The molecule has 188 valence electrons. The highest BCUT2D eigenvalue weighted by Crippen LogP contribution is 2.69. The first-order valence-electron chi connectivity index (χ1n) is 12.8. The molecule has 3 aliphatic rings. The lowest BCUT2D eigenvalue weighted by atomic mass is 9.80. The second kappa shape index (κ2) is 9.00. The molecule has 3 aliphatic carbocycles. The molecule has 6 rings (SSSR count). The Morgan fingerprint density at radius 1 is 1.25 bits per heavy atom. The van der Waals surface area contributed by atoms with Crippen molar-refractivity contribution in [2.45, 2.75) is 58.5 Å². The Morgan fingerprint density at radius 3 is 2.61 bits per heavy atom. The number of nitrogens with zero attached hydrogens (tertiary/aromatic N) is 2. The van der Waals surface area contributed by atoms with Gasteiger partial charge in [0.05, 0.1) is 17.6 Å². The number of aryl methyl sites for hydroxylation is 1. The summed E-state index contributed by atoms with van der Waals surface area (Å²) in [7, 11) is 0. The highest BCUT2D eigenvalue weighted by molar-refractivity contribution is 5.85. The third-order valence-electron chi connectivity index (χ3n) is 8.43. The lowest BCUT2D eigenvalue weighted by Gasteiger charge is -2.31. The number of hydrogen-bond acceptors (Lipinski definition) is 3. The minimum Gasteiger partial charge on any atom is -0.375 e. The van der Waals surface area contributed by atoms with Gasteiger partial charge >= 0.3 is 0 Å². The maximum Gasteiger partial charge on any atom is 0.254 e. The van der Waals surface area contributed by atoms with Crippen LogP contribution in [0.15, 0.2) is 60.3 Å². The van der Waals surface area contributed by atoms with E-state index >= 15 is 0 Å². The summed E-state index contributed by atoms with van der Waals surface area (Å²) in [6.07, 6.45) is 10.2. The van der Waals surface area contributed by atoms with Gasteiger partial charge in [-0.3, -0.25) is 4.79 Å². The lowest BCUT2D eigenvalue weighted by Crippen LogP contribution is -2.46. The first-order chi connectivity index (χ1) is 17.2. The number of allylic oxidation sites excluding steroid dienone is 1. The van der Waals surface area contributed by atoms with Gasteiger partial charge in [0.2, 0.25) is 0 Å². The number of nitrogens with two attached hydrogens (primary N) is 1. The van der Waals surface area contributed by atoms with E-state index in [4.69, 9.17) is 5.73 Å². The maximum absolute atomic E-state index is 13.1. The van der Waals surface area contributed by atoms with Gasteiger partial charge in [-0.15, -0.1) is 0 Å². The van der Waals surface area contributed by atoms with Gasteiger partial charge in [0, 0.05) is 0 Å². The molecule has 1 aromatic heterocycles. The highest BCUT2D eigenvalue weighted by Gasteiger charge is 2.60. The molecule has 2 fully saturated rings. The van der Waals surface area contributed by atoms with E-state index in [1.165, 1.54) is 42.7 Å². The van der Waals surface area contributed by atoms with Gasteiger partial charge in [-0.05, 0) is 96.4 Å². The number of fused-ring (bicyclic) bond motifs is 1. The van der Waals surface area contributed by atoms with Crippen LogP contribution in [0.1, 0.15) is 62.4 Å². The van der Waals surface area contributed by atoms with Gasteiger partial charge in [-0.2, -0.15) is 5.10 Å². The largest absolute Gasteiger partial charge is 0.375 e. The van der Waals surface area contributed by atoms with Crippen molar-refractivity contribution in [2.75, 3.05) is 0 Å². The molecule has 3 atom stereocenters. The molecule has 0 saturated heterocycles. The van der Waals surface area contributed by atoms with Crippen LogP contribution in [0.2, 0.25) is 0 Å². The molecule has 2 aromatic carbocycles. The van der Waals surface area contributed by atoms with Crippen LogP contribution in [0.25, 0.3) is 11.8 Å². The summed E-state index contributed by atoms with van der Waals surface area (Å²) in [6.45, 7) is 5.56. The Bertz CT molecular complexity index is 1330. The third kappa shape index (κ3) is 3.88. The second-order valence-electron chi connectivity index (χ2n) is 10.7. The molecule has 0 bridgehead atoms. The summed E-state index contributed by atoms with van der Waals surface area (Å²) < 4.78 is 15.0. The standard InChI is InChI=1S/C17H15FN2.C13H19NO2/c18-14-3-5-15(6-4-14)20-16-7-12-1-2-13-9-17(12,13)8-11(16)10-19-20;1-4-10-7-5-6-8-11(10)13(16,9(2)3)12(14)15/h3-7,10,13H,1-2,8-9H2;5-9,16H,4H2,1-3H3,(H2,14,15). The van der Waals surface area contributed by atoms with Gasteiger partial charge in [0.25, 0.3) is 5.91 Å². The van der Waals surface area contributed by atoms with Crippen molar-refractivity contribution < 1.29 is 14.3 Å². The fraction of sp³-hybridized carbons (Fsp3) is 0.400. The molecule has 1 heterocycles. The van der Waals surface area contributed by atoms with E-state index in [-0.39, 0.29) is 11.7 Å². The predicted molar refractivity (Wildman–Crippen MR) is 139 cm³/mol. The number of benzene rings is 2. The van der Waals surface area contributed by atoms with E-state index in [0.29, 0.717) is 11.0 Å². The molecular weight excluding hydrogens is 453 g/mol. The minimum absolute atomic E-state index is 0.205. The average molecular weight is 488 g/mol. The fourth-order valence-corrected chi connectivity index (χ4v) is 6.18. The molecule has 0 aliphatic heterocycles. The van der Waals surface area contributed by atoms with Crippen molar-refractivity contribution in [2.24, 2.45) is 23.0 Å². The Balaban J connectivity index is 0.000000153. The molecule has 5 nitrogen and oxygen atoms in total. The maximum atomic E-state index is 13.1. The van der Waals surface area contributed by atoms with Crippen LogP contribution in [0.4, 0.5) is 4.39 Å². The van der Waals surface area contributed by atoms with E-state index in [0.717, 1.165) is 30.0 Å². The van der Waals surface area contributed by atoms with Gasteiger partial charge in [-0.25, -0.2) is 9.07 Å². The molecule has 36 heavy (non-hydrogen) atoms. The minimum atomic E-state index is -1.58. The van der Waals surface area contributed by atoms with Crippen LogP contribution in [0, 0.1) is 23.1 Å². The normalized spacial score (nSPS) is 22.9. The Hall–Kier alpha value is -3.25. The van der Waals surface area contributed by atoms with Crippen LogP contribution >= 0.6 is 0 Å². The second-order valence-corrected chi connectivity index (χ2v) is 10.7. The molecule has 3 unspecified atom stereocenters. The van der Waals surface area contributed by atoms with E-state index < -0.39 is 11.5 Å². The van der Waals surface area contributed by atoms with E-state index in [9.17, 15) is 14.3 Å². The Kier molecular flexibility index (Phi) is 6.11. The molecule has 2 saturated carbocycles. The van der Waals surface area contributed by atoms with Crippen LogP contribution in [-0.2, 0) is 23.2 Å². The van der Waals surface area contributed by atoms with Crippen molar-refractivity contribution >= 4 is 12.0 Å². The zero-order valence-electron chi connectivity index (χ0n) is 21.2. The Morgan fingerprint density at radius 2 is 1.97 bits per heavy atom. The van der Waals surface area contributed by atoms with E-state index in [1.807, 2.05) is 36.0 Å². The summed E-state index contributed by atoms with van der Waals surface area (Å²) in [5, 5.41) is 15.0. The van der Waals surface area contributed by atoms with Crippen molar-refractivity contribution in [1.29, 1.82) is 0 Å². The number of hydrogen-bond donors (Lipinski definition) is 2. The number of aliphatic hydroxyl groups is 1. The quantitative estimate of drug-likeness (QED) is 0.511. The summed E-state index contributed by atoms with van der Waals surface area (Å²) in [5.74, 6) is -0.221. The fourth-order valence-electron chi connectivity index (χ4n) is 6.18. The highest BCUT2D eigenvalue weighted by atomic mass is 19.1. The van der Waals surface area contributed by atoms with Gasteiger partial charge < -0.3 is 10.8 Å². The van der Waals surface area contributed by atoms with Crippen LogP contribution < -0.4 is 5.73 Å². The number of halogens is 1. The molecule has 3 aromatic rings. The zero-order chi connectivity index (χ0) is 25.7. The summed E-state index contributed by atoms with van der Waals surface area (Å²) in [6, 6.07) is 13.9. The molecule has 0 radical (unpaired) electrons. The first kappa shape index (κ1) is 24.4. The summed E-state index contributed by atoms with van der Waals surface area (Å²) in [5.41, 5.74) is 11.0. The van der Waals surface area contributed by atoms with Crippen LogP contribution in [0.3, 0.4) is 0 Å². The summed E-state index contributed by atoms with van der Waals surface area (Å²) >= 11 is 0. The number of aromatic nitrogens is 2. The number of carbonyl (C=O) groups is 1. The molecule has 1 amide bonds. The molecule has 6 heteroatoms. The van der Waals surface area contributed by atoms with Gasteiger partial charge in [0.15, 0.2) is 5.60 Å². The van der Waals surface area contributed by atoms with E-state index in [1.54, 1.807) is 37.6 Å². The van der Waals surface area contributed by atoms with Crippen molar-refractivity contribution in [3.8, 4) is 5.69 Å². The number of primary amides is 1. The number of amides is 1. The number of rotatable bonds is 5. The predicted octanol–water partition coefficient (Wildman–Crippen LogP) is 5.33. The van der Waals surface area contributed by atoms with Gasteiger partial charge in [-0.1, -0.05) is 50.6 Å². The molecule has 1 spiro atoms. The monoisotopic (exact) mass is 487 g/mol. The van der Waals surface area contributed by atoms with Crippen molar-refractivity contribution in [3.05, 3.63) is 88.5 Å². The van der Waals surface area contributed by atoms with E-state index in [2.05, 4.69) is 11.2 Å². The topological polar surface area (TPSA) is 81.1 Å². The van der Waals surface area contributed by atoms with Crippen LogP contribution in [0.5, 0.6) is 0 Å². The average Bonchev–Trinajstić information content (AvgIpc) is 3.22. The molecule has 3 N–H and O–H groups in total. The van der Waals surface area contributed by atoms with Crippen molar-refractivity contribution in [1.82, 2.24) is 9.78 Å². The Labute approximate surface area is 211 Å². The number of carbonyl (C=O) groups excluding carboxylic acids is 1. The summed E-state index contributed by atoms with van der Waals surface area (Å²) in [4.78, 5) is 11.5. The van der Waals surface area contributed by atoms with Crippen molar-refractivity contribution in [3.63, 3.8) is 0 Å². The smallest absolute Gasteiger partial charge is 0.254 e. The lowest BCUT2D eigenvalue weighted by molar-refractivity contribution is -0.142. The molecular formula is C30H34FN3O2. The third-order valence-corrected chi connectivity index (χ3v) is 8.43. The zero-order valence-corrected chi connectivity index (χ0v) is 21.2. The first-order valence-corrected chi connectivity index (χ1v) is 12.8. The SMILES string of the molecule is CCc1ccccc1C(O)(C(N)=O)C(C)C.Fc1ccc(-n2ncc3c2C=C2CCC4CC24C3)cc1. The van der Waals surface area contributed by atoms with Gasteiger partial charge in [0.1, 0.15) is 5.82 Å². The van der Waals surface area contributed by atoms with Crippen LogP contribution in [-0.4, -0.2) is 20.8 Å².